The van der Waals surface area contributed by atoms with Gasteiger partial charge in [-0.05, 0) is 31.0 Å². The lowest BCUT2D eigenvalue weighted by Crippen LogP contribution is -2.08. The van der Waals surface area contributed by atoms with Crippen molar-refractivity contribution in [2.45, 2.75) is 19.9 Å². The highest BCUT2D eigenvalue weighted by atomic mass is 79.9. The quantitative estimate of drug-likeness (QED) is 0.858. The molecule has 0 atom stereocenters. The molecule has 18 heavy (non-hydrogen) atoms. The molecule has 0 bridgehead atoms. The van der Waals surface area contributed by atoms with E-state index >= 15 is 0 Å². The minimum Gasteiger partial charge on any atom is -0.245 e. The second-order valence-electron chi connectivity index (χ2n) is 4.34. The van der Waals surface area contributed by atoms with Crippen molar-refractivity contribution in [3.63, 3.8) is 0 Å². The van der Waals surface area contributed by atoms with Crippen molar-refractivity contribution in [2.75, 3.05) is 12.0 Å². The smallest absolute Gasteiger partial charge is 0.147 e. The van der Waals surface area contributed by atoms with Crippen LogP contribution in [0.5, 0.6) is 0 Å². The van der Waals surface area contributed by atoms with E-state index in [4.69, 9.17) is 0 Å². The van der Waals surface area contributed by atoms with Crippen LogP contribution in [-0.4, -0.2) is 35.4 Å². The number of hydrogen-bond acceptors (Lipinski definition) is 4. The van der Waals surface area contributed by atoms with Gasteiger partial charge in [-0.2, -0.15) is 0 Å². The van der Waals surface area contributed by atoms with Crippen LogP contribution in [0.3, 0.4) is 0 Å². The first-order valence-electron chi connectivity index (χ1n) is 5.54. The average molecular weight is 332 g/mol. The maximum absolute atomic E-state index is 11.1. The lowest BCUT2D eigenvalue weighted by Gasteiger charge is -2.03. The van der Waals surface area contributed by atoms with E-state index in [0.717, 1.165) is 21.1 Å². The van der Waals surface area contributed by atoms with E-state index in [1.54, 1.807) is 4.68 Å². The Balaban J connectivity index is 2.23. The number of hydrogen-bond donors (Lipinski definition) is 0. The normalized spacial score (nSPS) is 12.2. The van der Waals surface area contributed by atoms with Gasteiger partial charge < -0.3 is 0 Å². The number of benzene rings is 1. The van der Waals surface area contributed by atoms with E-state index in [1.165, 1.54) is 6.26 Å². The molecule has 1 aromatic carbocycles. The summed E-state index contributed by atoms with van der Waals surface area (Å²) in [5.41, 5.74) is 2.83. The van der Waals surface area contributed by atoms with Crippen molar-refractivity contribution in [1.29, 1.82) is 0 Å². The molecule has 1 heterocycles. The van der Waals surface area contributed by atoms with Crippen molar-refractivity contribution in [3.05, 3.63) is 22.2 Å². The summed E-state index contributed by atoms with van der Waals surface area (Å²) in [5.74, 6) is 0.170. The Bertz CT molecular complexity index is 679. The number of nitrogens with zero attached hydrogens (tertiary/aromatic N) is 3. The van der Waals surface area contributed by atoms with Crippen molar-refractivity contribution >= 4 is 36.8 Å². The first-order valence-corrected chi connectivity index (χ1v) is 8.40. The monoisotopic (exact) mass is 331 g/mol. The molecule has 0 aliphatic carbocycles. The van der Waals surface area contributed by atoms with Crippen LogP contribution in [0.25, 0.3) is 11.0 Å². The van der Waals surface area contributed by atoms with Gasteiger partial charge in [-0.25, -0.2) is 13.1 Å². The van der Waals surface area contributed by atoms with Crippen LogP contribution in [0.15, 0.2) is 16.6 Å². The highest BCUT2D eigenvalue weighted by Crippen LogP contribution is 2.23. The maximum Gasteiger partial charge on any atom is 0.147 e. The third-order valence-electron chi connectivity index (χ3n) is 2.76. The second-order valence-corrected chi connectivity index (χ2v) is 7.45. The SMILES string of the molecule is Cc1c(Br)ccc2c1nnn2CCCS(C)(=O)=O. The van der Waals surface area contributed by atoms with Crippen LogP contribution in [-0.2, 0) is 16.4 Å². The predicted molar refractivity (Wildman–Crippen MR) is 74.3 cm³/mol. The van der Waals surface area contributed by atoms with Gasteiger partial charge in [0.25, 0.3) is 0 Å². The summed E-state index contributed by atoms with van der Waals surface area (Å²) in [7, 11) is -2.91. The van der Waals surface area contributed by atoms with Crippen molar-refractivity contribution in [2.24, 2.45) is 0 Å². The van der Waals surface area contributed by atoms with Gasteiger partial charge in [0, 0.05) is 17.3 Å². The van der Waals surface area contributed by atoms with Gasteiger partial charge in [-0.15, -0.1) is 5.10 Å². The topological polar surface area (TPSA) is 64.8 Å². The van der Waals surface area contributed by atoms with Crippen LogP contribution in [0.1, 0.15) is 12.0 Å². The molecule has 0 amide bonds. The fourth-order valence-electron chi connectivity index (χ4n) is 1.78. The first kappa shape index (κ1) is 13.5. The minimum absolute atomic E-state index is 0.170. The molecule has 2 aromatic rings. The molecule has 1 aromatic heterocycles. The minimum atomic E-state index is -2.91. The Labute approximate surface area is 114 Å². The Morgan fingerprint density at radius 3 is 2.78 bits per heavy atom. The number of aryl methyl sites for hydroxylation is 2. The summed E-state index contributed by atoms with van der Waals surface area (Å²) >= 11 is 3.45. The standard InChI is InChI=1S/C11H14BrN3O2S/c1-8-9(12)4-5-10-11(8)13-14-15(10)6-3-7-18(2,16)17/h4-5H,3,6-7H2,1-2H3. The van der Waals surface area contributed by atoms with E-state index in [1.807, 2.05) is 19.1 Å². The van der Waals surface area contributed by atoms with Crippen LogP contribution in [0, 0.1) is 6.92 Å². The molecule has 0 spiro atoms. The molecule has 0 saturated carbocycles. The first-order chi connectivity index (χ1) is 8.38. The summed E-state index contributed by atoms with van der Waals surface area (Å²) in [6.07, 6.45) is 1.79. The second kappa shape index (κ2) is 4.97. The summed E-state index contributed by atoms with van der Waals surface area (Å²) in [4.78, 5) is 0. The van der Waals surface area contributed by atoms with Crippen molar-refractivity contribution < 1.29 is 8.42 Å². The van der Waals surface area contributed by atoms with Crippen LogP contribution in [0.2, 0.25) is 0 Å². The zero-order valence-electron chi connectivity index (χ0n) is 10.2. The maximum atomic E-state index is 11.1. The van der Waals surface area contributed by atoms with Crippen LogP contribution < -0.4 is 0 Å². The van der Waals surface area contributed by atoms with E-state index in [9.17, 15) is 8.42 Å². The largest absolute Gasteiger partial charge is 0.245 e. The number of rotatable bonds is 4. The molecule has 2 rings (SSSR count). The fraction of sp³-hybridized carbons (Fsp3) is 0.455. The van der Waals surface area contributed by atoms with E-state index in [2.05, 4.69) is 26.2 Å². The summed E-state index contributed by atoms with van der Waals surface area (Å²) < 4.78 is 24.9. The van der Waals surface area contributed by atoms with Gasteiger partial charge in [0.15, 0.2) is 0 Å². The zero-order valence-corrected chi connectivity index (χ0v) is 12.6. The molecule has 0 fully saturated rings. The van der Waals surface area contributed by atoms with Gasteiger partial charge in [0.2, 0.25) is 0 Å². The summed E-state index contributed by atoms with van der Waals surface area (Å²) in [5, 5.41) is 8.20. The molecular formula is C11H14BrN3O2S. The van der Waals surface area contributed by atoms with Crippen molar-refractivity contribution in [1.82, 2.24) is 15.0 Å². The highest BCUT2D eigenvalue weighted by Gasteiger charge is 2.09. The zero-order chi connectivity index (χ0) is 13.3. The van der Waals surface area contributed by atoms with Gasteiger partial charge in [-0.3, -0.25) is 0 Å². The van der Waals surface area contributed by atoms with Crippen LogP contribution >= 0.6 is 15.9 Å². The number of aromatic nitrogens is 3. The fourth-order valence-corrected chi connectivity index (χ4v) is 2.76. The number of halogens is 1. The molecule has 0 unspecified atom stereocenters. The number of sulfone groups is 1. The Morgan fingerprint density at radius 2 is 2.11 bits per heavy atom. The van der Waals surface area contributed by atoms with E-state index < -0.39 is 9.84 Å². The molecule has 0 radical (unpaired) electrons. The lowest BCUT2D eigenvalue weighted by atomic mass is 10.2. The van der Waals surface area contributed by atoms with Gasteiger partial charge in [0.1, 0.15) is 15.4 Å². The molecule has 7 heteroatoms. The third-order valence-corrected chi connectivity index (χ3v) is 4.65. The highest BCUT2D eigenvalue weighted by molar-refractivity contribution is 9.10. The predicted octanol–water partition coefficient (Wildman–Crippen LogP) is 1.94. The Morgan fingerprint density at radius 1 is 1.39 bits per heavy atom. The van der Waals surface area contributed by atoms with Gasteiger partial charge in [-0.1, -0.05) is 21.1 Å². The van der Waals surface area contributed by atoms with Gasteiger partial charge in [0.05, 0.1) is 11.3 Å². The van der Waals surface area contributed by atoms with E-state index in [0.29, 0.717) is 13.0 Å². The molecular weight excluding hydrogens is 318 g/mol. The lowest BCUT2D eigenvalue weighted by molar-refractivity contribution is 0.574. The molecule has 0 aliphatic heterocycles. The van der Waals surface area contributed by atoms with Crippen LogP contribution in [0.4, 0.5) is 0 Å². The van der Waals surface area contributed by atoms with E-state index in [-0.39, 0.29) is 5.75 Å². The summed E-state index contributed by atoms with van der Waals surface area (Å²) in [6.45, 7) is 2.53. The third kappa shape index (κ3) is 2.89. The Hall–Kier alpha value is -0.950. The number of fused-ring (bicyclic) bond motifs is 1. The molecule has 98 valence electrons. The van der Waals surface area contributed by atoms with Crippen molar-refractivity contribution in [3.8, 4) is 0 Å². The molecule has 0 N–H and O–H groups in total. The van der Waals surface area contributed by atoms with Gasteiger partial charge >= 0.3 is 0 Å². The summed E-state index contributed by atoms with van der Waals surface area (Å²) in [6, 6.07) is 3.89. The average Bonchev–Trinajstić information content (AvgIpc) is 2.66. The molecule has 5 nitrogen and oxygen atoms in total. The molecule has 0 aliphatic rings. The molecule has 0 saturated heterocycles. The Kier molecular flexibility index (Phi) is 3.72.